The maximum atomic E-state index is 13.1. The number of nitrogens with one attached hydrogen (secondary N) is 1. The van der Waals surface area contributed by atoms with Gasteiger partial charge in [-0.3, -0.25) is 9.48 Å². The van der Waals surface area contributed by atoms with Crippen LogP contribution >= 0.6 is 0 Å². The highest BCUT2D eigenvalue weighted by molar-refractivity contribution is 5.76. The number of carbonyl (C=O) groups excluding carboxylic acids is 1. The Balaban J connectivity index is 1.60. The van der Waals surface area contributed by atoms with E-state index in [1.165, 1.54) is 10.7 Å². The third kappa shape index (κ3) is 3.63. The molecule has 1 saturated carbocycles. The molecule has 1 aliphatic heterocycles. The zero-order valence-corrected chi connectivity index (χ0v) is 12.8. The molecule has 2 fully saturated rings. The highest BCUT2D eigenvalue weighted by Gasteiger charge is 2.29. The first-order valence-corrected chi connectivity index (χ1v) is 7.86. The fourth-order valence-corrected chi connectivity index (χ4v) is 2.90. The van der Waals surface area contributed by atoms with Gasteiger partial charge < -0.3 is 10.2 Å². The Kier molecular flexibility index (Phi) is 4.42. The number of amides is 1. The van der Waals surface area contributed by atoms with E-state index in [2.05, 4.69) is 22.4 Å². The van der Waals surface area contributed by atoms with Crippen LogP contribution in [0.5, 0.6) is 0 Å². The van der Waals surface area contributed by atoms with E-state index in [9.17, 15) is 13.6 Å². The van der Waals surface area contributed by atoms with Crippen molar-refractivity contribution < 1.29 is 13.6 Å². The molecule has 1 aromatic heterocycles. The lowest BCUT2D eigenvalue weighted by atomic mass is 10.1. The summed E-state index contributed by atoms with van der Waals surface area (Å²) in [5.41, 5.74) is 0.544. The number of rotatable bonds is 5. The number of nitrogens with zero attached hydrogens (tertiary/aromatic N) is 3. The largest absolute Gasteiger partial charge is 0.352 e. The molecule has 0 bridgehead atoms. The van der Waals surface area contributed by atoms with Gasteiger partial charge in [0.05, 0.1) is 5.69 Å². The Morgan fingerprint density at radius 3 is 2.64 bits per heavy atom. The van der Waals surface area contributed by atoms with Crippen LogP contribution in [0.25, 0.3) is 0 Å². The van der Waals surface area contributed by atoms with Gasteiger partial charge in [-0.25, -0.2) is 8.78 Å². The van der Waals surface area contributed by atoms with Crippen molar-refractivity contribution in [2.75, 3.05) is 20.1 Å². The van der Waals surface area contributed by atoms with E-state index < -0.39 is 6.43 Å². The van der Waals surface area contributed by atoms with Crippen LogP contribution in [-0.2, 0) is 11.3 Å². The van der Waals surface area contributed by atoms with Gasteiger partial charge in [-0.05, 0) is 51.9 Å². The van der Waals surface area contributed by atoms with Crippen molar-refractivity contribution >= 4 is 5.91 Å². The molecule has 22 heavy (non-hydrogen) atoms. The molecule has 7 heteroatoms. The Morgan fingerprint density at radius 2 is 2.05 bits per heavy atom. The predicted molar refractivity (Wildman–Crippen MR) is 77.8 cm³/mol. The van der Waals surface area contributed by atoms with Gasteiger partial charge in [0.15, 0.2) is 0 Å². The maximum absolute atomic E-state index is 13.1. The van der Waals surface area contributed by atoms with E-state index in [1.54, 1.807) is 0 Å². The van der Waals surface area contributed by atoms with E-state index in [0.717, 1.165) is 38.8 Å². The molecule has 1 N–H and O–H groups in total. The minimum atomic E-state index is -2.60. The molecule has 0 unspecified atom stereocenters. The van der Waals surface area contributed by atoms with E-state index >= 15 is 0 Å². The van der Waals surface area contributed by atoms with Crippen molar-refractivity contribution in [3.8, 4) is 0 Å². The van der Waals surface area contributed by atoms with Crippen molar-refractivity contribution in [2.45, 2.75) is 50.6 Å². The lowest BCUT2D eigenvalue weighted by molar-refractivity contribution is -0.122. The Labute approximate surface area is 128 Å². The van der Waals surface area contributed by atoms with Crippen LogP contribution in [-0.4, -0.2) is 46.8 Å². The second kappa shape index (κ2) is 6.32. The zero-order chi connectivity index (χ0) is 15.7. The Hall–Kier alpha value is -1.50. The number of alkyl halides is 2. The monoisotopic (exact) mass is 312 g/mol. The third-order valence-corrected chi connectivity index (χ3v) is 4.43. The highest BCUT2D eigenvalue weighted by Crippen LogP contribution is 2.40. The number of halogens is 2. The summed E-state index contributed by atoms with van der Waals surface area (Å²) < 4.78 is 27.3. The quantitative estimate of drug-likeness (QED) is 0.903. The molecule has 2 aliphatic rings. The van der Waals surface area contributed by atoms with Gasteiger partial charge in [0.2, 0.25) is 5.91 Å². The molecular weight excluding hydrogens is 290 g/mol. The van der Waals surface area contributed by atoms with Crippen molar-refractivity contribution in [2.24, 2.45) is 0 Å². The molecule has 1 saturated heterocycles. The Morgan fingerprint density at radius 1 is 1.36 bits per heavy atom. The first-order valence-electron chi connectivity index (χ1n) is 7.86. The van der Waals surface area contributed by atoms with E-state index in [-0.39, 0.29) is 24.2 Å². The van der Waals surface area contributed by atoms with Crippen LogP contribution in [0.3, 0.4) is 0 Å². The SMILES string of the molecule is CN1CCC(NC(=O)Cn2nc(C3CC3)cc2C(F)F)CC1. The van der Waals surface area contributed by atoms with Crippen LogP contribution in [0.2, 0.25) is 0 Å². The average Bonchev–Trinajstić information content (AvgIpc) is 3.23. The van der Waals surface area contributed by atoms with Gasteiger partial charge >= 0.3 is 0 Å². The second-order valence-electron chi connectivity index (χ2n) is 6.37. The van der Waals surface area contributed by atoms with Crippen molar-refractivity contribution in [1.29, 1.82) is 0 Å². The highest BCUT2D eigenvalue weighted by atomic mass is 19.3. The molecule has 5 nitrogen and oxygen atoms in total. The van der Waals surface area contributed by atoms with Gasteiger partial charge in [-0.15, -0.1) is 0 Å². The van der Waals surface area contributed by atoms with Crippen LogP contribution in [0, 0.1) is 0 Å². The molecular formula is C15H22F2N4O. The van der Waals surface area contributed by atoms with Gasteiger partial charge in [0.1, 0.15) is 12.2 Å². The lowest BCUT2D eigenvalue weighted by Crippen LogP contribution is -2.44. The molecule has 122 valence electrons. The summed E-state index contributed by atoms with van der Waals surface area (Å²) in [5, 5.41) is 7.14. The fourth-order valence-electron chi connectivity index (χ4n) is 2.90. The molecule has 0 aromatic carbocycles. The van der Waals surface area contributed by atoms with Crippen molar-refractivity contribution in [1.82, 2.24) is 20.0 Å². The topological polar surface area (TPSA) is 50.2 Å². The van der Waals surface area contributed by atoms with Crippen LogP contribution in [0.1, 0.15) is 49.4 Å². The normalized spacial score (nSPS) is 20.5. The van der Waals surface area contributed by atoms with Crippen LogP contribution in [0.15, 0.2) is 6.07 Å². The number of likely N-dealkylation sites (tertiary alicyclic amines) is 1. The smallest absolute Gasteiger partial charge is 0.280 e. The molecule has 1 amide bonds. The van der Waals surface area contributed by atoms with E-state index in [4.69, 9.17) is 0 Å². The van der Waals surface area contributed by atoms with Crippen LogP contribution in [0.4, 0.5) is 8.78 Å². The van der Waals surface area contributed by atoms with Crippen molar-refractivity contribution in [3.05, 3.63) is 17.5 Å². The number of aromatic nitrogens is 2. The molecule has 0 spiro atoms. The first kappa shape index (κ1) is 15.4. The van der Waals surface area contributed by atoms with Crippen LogP contribution < -0.4 is 5.32 Å². The zero-order valence-electron chi connectivity index (χ0n) is 12.8. The number of carbonyl (C=O) groups is 1. The number of piperidine rings is 1. The minimum absolute atomic E-state index is 0.126. The summed E-state index contributed by atoms with van der Waals surface area (Å²) in [7, 11) is 2.05. The summed E-state index contributed by atoms with van der Waals surface area (Å²) in [6.07, 6.45) is 1.20. The first-order chi connectivity index (χ1) is 10.5. The van der Waals surface area contributed by atoms with Gasteiger partial charge in [0.25, 0.3) is 6.43 Å². The van der Waals surface area contributed by atoms with E-state index in [1.807, 2.05) is 0 Å². The van der Waals surface area contributed by atoms with E-state index in [0.29, 0.717) is 11.6 Å². The second-order valence-corrected chi connectivity index (χ2v) is 6.37. The molecule has 0 atom stereocenters. The van der Waals surface area contributed by atoms with Gasteiger partial charge in [0, 0.05) is 12.0 Å². The minimum Gasteiger partial charge on any atom is -0.352 e. The average molecular weight is 312 g/mol. The molecule has 2 heterocycles. The third-order valence-electron chi connectivity index (χ3n) is 4.43. The summed E-state index contributed by atoms with van der Waals surface area (Å²) in [4.78, 5) is 14.3. The molecule has 3 rings (SSSR count). The summed E-state index contributed by atoms with van der Waals surface area (Å²) >= 11 is 0. The molecule has 1 aromatic rings. The number of hydrogen-bond acceptors (Lipinski definition) is 3. The van der Waals surface area contributed by atoms with Gasteiger partial charge in [-0.2, -0.15) is 5.10 Å². The van der Waals surface area contributed by atoms with Gasteiger partial charge in [-0.1, -0.05) is 0 Å². The summed E-state index contributed by atoms with van der Waals surface area (Å²) in [6.45, 7) is 1.76. The maximum Gasteiger partial charge on any atom is 0.280 e. The Bertz CT molecular complexity index is 534. The number of hydrogen-bond donors (Lipinski definition) is 1. The molecule has 0 radical (unpaired) electrons. The van der Waals surface area contributed by atoms with Crippen molar-refractivity contribution in [3.63, 3.8) is 0 Å². The molecule has 1 aliphatic carbocycles. The summed E-state index contributed by atoms with van der Waals surface area (Å²) in [6, 6.07) is 1.59. The lowest BCUT2D eigenvalue weighted by Gasteiger charge is -2.29. The standard InChI is InChI=1S/C15H22F2N4O/c1-20-6-4-11(5-7-20)18-14(22)9-21-13(15(16)17)8-12(19-21)10-2-3-10/h8,10-11,15H,2-7,9H2,1H3,(H,18,22). The fraction of sp³-hybridized carbons (Fsp3) is 0.733. The predicted octanol–water partition coefficient (Wildman–Crippen LogP) is 1.91. The summed E-state index contributed by atoms with van der Waals surface area (Å²) in [5.74, 6) is 0.0672.